The molecular weight excluding hydrogens is 264 g/mol. The zero-order valence-electron chi connectivity index (χ0n) is 12.5. The highest BCUT2D eigenvalue weighted by molar-refractivity contribution is 5.94. The fourth-order valence-corrected chi connectivity index (χ4v) is 1.92. The fourth-order valence-electron chi connectivity index (χ4n) is 1.92. The first-order chi connectivity index (χ1) is 9.97. The van der Waals surface area contributed by atoms with Crippen molar-refractivity contribution in [2.45, 2.75) is 26.9 Å². The van der Waals surface area contributed by atoms with Gasteiger partial charge in [-0.05, 0) is 62.2 Å². The lowest BCUT2D eigenvalue weighted by atomic mass is 10.1. The molecule has 1 atom stereocenters. The molecule has 0 aromatic heterocycles. The van der Waals surface area contributed by atoms with Crippen LogP contribution in [0.3, 0.4) is 0 Å². The minimum absolute atomic E-state index is 0.180. The largest absolute Gasteiger partial charge is 0.481 e. The first-order valence-electron chi connectivity index (χ1n) is 6.86. The van der Waals surface area contributed by atoms with Gasteiger partial charge in [0.15, 0.2) is 6.10 Å². The van der Waals surface area contributed by atoms with Crippen molar-refractivity contribution in [3.8, 4) is 5.75 Å². The third-order valence-corrected chi connectivity index (χ3v) is 3.42. The highest BCUT2D eigenvalue weighted by Crippen LogP contribution is 2.19. The highest BCUT2D eigenvalue weighted by atomic mass is 16.5. The number of carbonyl (C=O) groups excluding carboxylic acids is 1. The van der Waals surface area contributed by atoms with E-state index in [0.29, 0.717) is 11.4 Å². The number of ether oxygens (including phenoxy) is 1. The van der Waals surface area contributed by atoms with E-state index in [9.17, 15) is 4.79 Å². The summed E-state index contributed by atoms with van der Waals surface area (Å²) in [5.74, 6) is 0.438. The molecule has 0 spiro atoms. The Kier molecular flexibility index (Phi) is 4.48. The van der Waals surface area contributed by atoms with Crippen LogP contribution < -0.4 is 15.8 Å². The Labute approximate surface area is 124 Å². The summed E-state index contributed by atoms with van der Waals surface area (Å²) in [5.41, 5.74) is 9.29. The van der Waals surface area contributed by atoms with Gasteiger partial charge < -0.3 is 15.8 Å². The van der Waals surface area contributed by atoms with Crippen LogP contribution in [-0.2, 0) is 4.79 Å². The van der Waals surface area contributed by atoms with Crippen LogP contribution in [-0.4, -0.2) is 12.0 Å². The van der Waals surface area contributed by atoms with Crippen molar-refractivity contribution < 1.29 is 9.53 Å². The topological polar surface area (TPSA) is 64.3 Å². The molecule has 4 heteroatoms. The molecule has 1 amide bonds. The number of nitrogens with two attached hydrogens (primary N) is 1. The summed E-state index contributed by atoms with van der Waals surface area (Å²) in [7, 11) is 0. The first-order valence-corrected chi connectivity index (χ1v) is 6.86. The van der Waals surface area contributed by atoms with E-state index in [1.165, 1.54) is 0 Å². The van der Waals surface area contributed by atoms with E-state index in [0.717, 1.165) is 16.8 Å². The molecule has 0 bridgehead atoms. The van der Waals surface area contributed by atoms with Crippen molar-refractivity contribution in [2.24, 2.45) is 0 Å². The molecule has 1 unspecified atom stereocenters. The van der Waals surface area contributed by atoms with Crippen molar-refractivity contribution in [1.29, 1.82) is 0 Å². The van der Waals surface area contributed by atoms with Crippen LogP contribution in [0.5, 0.6) is 5.75 Å². The Morgan fingerprint density at radius 1 is 1.14 bits per heavy atom. The maximum absolute atomic E-state index is 12.2. The van der Waals surface area contributed by atoms with E-state index in [2.05, 4.69) is 5.32 Å². The van der Waals surface area contributed by atoms with Gasteiger partial charge in [0.25, 0.3) is 5.91 Å². The second-order valence-corrected chi connectivity index (χ2v) is 5.07. The van der Waals surface area contributed by atoms with Crippen molar-refractivity contribution >= 4 is 17.3 Å². The number of nitrogens with one attached hydrogen (secondary N) is 1. The number of carbonyl (C=O) groups is 1. The Balaban J connectivity index is 2.02. The lowest BCUT2D eigenvalue weighted by Gasteiger charge is -2.16. The molecule has 0 saturated carbocycles. The molecule has 0 fully saturated rings. The van der Waals surface area contributed by atoms with Crippen LogP contribution in [0.25, 0.3) is 0 Å². The third-order valence-electron chi connectivity index (χ3n) is 3.42. The molecule has 21 heavy (non-hydrogen) atoms. The van der Waals surface area contributed by atoms with Crippen LogP contribution in [0.1, 0.15) is 18.1 Å². The number of nitrogen functional groups attached to an aromatic ring is 1. The highest BCUT2D eigenvalue weighted by Gasteiger charge is 2.15. The predicted octanol–water partition coefficient (Wildman–Crippen LogP) is 3.29. The lowest BCUT2D eigenvalue weighted by Crippen LogP contribution is -2.30. The number of anilines is 2. The van der Waals surface area contributed by atoms with Gasteiger partial charge in [0.05, 0.1) is 0 Å². The molecule has 3 N–H and O–H groups in total. The molecule has 0 heterocycles. The average Bonchev–Trinajstić information content (AvgIpc) is 2.46. The van der Waals surface area contributed by atoms with E-state index >= 15 is 0 Å². The number of hydrogen-bond acceptors (Lipinski definition) is 3. The summed E-state index contributed by atoms with van der Waals surface area (Å²) in [6.07, 6.45) is -0.589. The minimum Gasteiger partial charge on any atom is -0.481 e. The van der Waals surface area contributed by atoms with E-state index < -0.39 is 6.10 Å². The van der Waals surface area contributed by atoms with Crippen LogP contribution in [0, 0.1) is 13.8 Å². The molecule has 2 aromatic carbocycles. The van der Waals surface area contributed by atoms with Gasteiger partial charge in [0.2, 0.25) is 0 Å². The maximum atomic E-state index is 12.2. The number of amides is 1. The van der Waals surface area contributed by atoms with Gasteiger partial charge in [-0.1, -0.05) is 12.1 Å². The van der Waals surface area contributed by atoms with Gasteiger partial charge in [-0.3, -0.25) is 4.79 Å². The molecule has 2 aromatic rings. The average molecular weight is 284 g/mol. The number of hydrogen-bond donors (Lipinski definition) is 2. The molecule has 0 saturated heterocycles. The monoisotopic (exact) mass is 284 g/mol. The fraction of sp³-hybridized carbons (Fsp3) is 0.235. The lowest BCUT2D eigenvalue weighted by molar-refractivity contribution is -0.122. The maximum Gasteiger partial charge on any atom is 0.265 e. The van der Waals surface area contributed by atoms with Crippen LogP contribution in [0.15, 0.2) is 42.5 Å². The molecule has 4 nitrogen and oxygen atoms in total. The van der Waals surface area contributed by atoms with Crippen molar-refractivity contribution in [3.05, 3.63) is 53.6 Å². The van der Waals surface area contributed by atoms with E-state index in [-0.39, 0.29) is 5.91 Å². The summed E-state index contributed by atoms with van der Waals surface area (Å²) >= 11 is 0. The van der Waals surface area contributed by atoms with Crippen LogP contribution >= 0.6 is 0 Å². The molecule has 0 radical (unpaired) electrons. The second kappa shape index (κ2) is 6.31. The Hall–Kier alpha value is -2.49. The van der Waals surface area contributed by atoms with Crippen LogP contribution in [0.4, 0.5) is 11.4 Å². The third kappa shape index (κ3) is 3.75. The zero-order chi connectivity index (χ0) is 15.4. The van der Waals surface area contributed by atoms with Gasteiger partial charge in [-0.25, -0.2) is 0 Å². The first kappa shape index (κ1) is 14.9. The van der Waals surface area contributed by atoms with Crippen molar-refractivity contribution in [2.75, 3.05) is 11.1 Å². The van der Waals surface area contributed by atoms with Gasteiger partial charge in [0.1, 0.15) is 5.75 Å². The molecule has 2 rings (SSSR count). The summed E-state index contributed by atoms with van der Waals surface area (Å²) in [6, 6.07) is 12.8. The molecule has 0 aliphatic rings. The molecule has 110 valence electrons. The number of aryl methyl sites for hydroxylation is 1. The van der Waals surface area contributed by atoms with E-state index in [1.807, 2.05) is 32.0 Å². The van der Waals surface area contributed by atoms with Gasteiger partial charge in [-0.15, -0.1) is 0 Å². The number of benzene rings is 2. The van der Waals surface area contributed by atoms with Gasteiger partial charge >= 0.3 is 0 Å². The summed E-state index contributed by atoms with van der Waals surface area (Å²) < 4.78 is 5.61. The zero-order valence-corrected chi connectivity index (χ0v) is 12.5. The SMILES string of the molecule is Cc1cccc(NC(=O)C(C)Oc2ccc(N)cc2)c1C. The standard InChI is InChI=1S/C17H20N2O2/c1-11-5-4-6-16(12(11)2)19-17(20)13(3)21-15-9-7-14(18)8-10-15/h4-10,13H,18H2,1-3H3,(H,19,20). The Morgan fingerprint density at radius 3 is 2.48 bits per heavy atom. The normalized spacial score (nSPS) is 11.8. The molecule has 0 aliphatic carbocycles. The minimum atomic E-state index is -0.589. The van der Waals surface area contributed by atoms with Gasteiger partial charge in [-0.2, -0.15) is 0 Å². The smallest absolute Gasteiger partial charge is 0.265 e. The summed E-state index contributed by atoms with van der Waals surface area (Å²) in [6.45, 7) is 5.71. The summed E-state index contributed by atoms with van der Waals surface area (Å²) in [5, 5.41) is 2.89. The molecule has 0 aliphatic heterocycles. The summed E-state index contributed by atoms with van der Waals surface area (Å²) in [4.78, 5) is 12.2. The van der Waals surface area contributed by atoms with Crippen LogP contribution in [0.2, 0.25) is 0 Å². The quantitative estimate of drug-likeness (QED) is 0.847. The number of rotatable bonds is 4. The second-order valence-electron chi connectivity index (χ2n) is 5.07. The van der Waals surface area contributed by atoms with E-state index in [1.54, 1.807) is 31.2 Å². The Bertz CT molecular complexity index is 636. The van der Waals surface area contributed by atoms with Crippen molar-refractivity contribution in [3.63, 3.8) is 0 Å². The van der Waals surface area contributed by atoms with Gasteiger partial charge in [0, 0.05) is 11.4 Å². The predicted molar refractivity (Wildman–Crippen MR) is 85.5 cm³/mol. The molecular formula is C17H20N2O2. The Morgan fingerprint density at radius 2 is 1.81 bits per heavy atom. The van der Waals surface area contributed by atoms with E-state index in [4.69, 9.17) is 10.5 Å². The van der Waals surface area contributed by atoms with Crippen molar-refractivity contribution in [1.82, 2.24) is 0 Å².